The van der Waals surface area contributed by atoms with Gasteiger partial charge in [-0.2, -0.15) is 5.10 Å². The van der Waals surface area contributed by atoms with Crippen LogP contribution in [0.25, 0.3) is 11.3 Å². The molecule has 0 radical (unpaired) electrons. The molecule has 0 aliphatic carbocycles. The van der Waals surface area contributed by atoms with E-state index in [9.17, 15) is 18.0 Å². The highest BCUT2D eigenvalue weighted by molar-refractivity contribution is 7.92. The van der Waals surface area contributed by atoms with Crippen LogP contribution in [0.2, 0.25) is 0 Å². The van der Waals surface area contributed by atoms with E-state index in [1.165, 1.54) is 13.1 Å². The third-order valence-electron chi connectivity index (χ3n) is 5.65. The molecule has 6 N–H and O–H groups in total. The van der Waals surface area contributed by atoms with Gasteiger partial charge in [-0.25, -0.2) is 18.2 Å². The van der Waals surface area contributed by atoms with Gasteiger partial charge in [-0.05, 0) is 25.1 Å². The van der Waals surface area contributed by atoms with Crippen molar-refractivity contribution in [1.29, 1.82) is 0 Å². The molecule has 3 rings (SSSR count). The first kappa shape index (κ1) is 34.2. The number of rotatable bonds is 22. The van der Waals surface area contributed by atoms with Crippen molar-refractivity contribution >= 4 is 39.1 Å². The molecular weight excluding hydrogens is 600 g/mol. The minimum Gasteiger partial charge on any atom is -0.480 e. The second-order valence-electron chi connectivity index (χ2n) is 8.91. The molecule has 2 heterocycles. The summed E-state index contributed by atoms with van der Waals surface area (Å²) in [6.45, 7) is 3.66. The second-order valence-corrected chi connectivity index (χ2v) is 10.9. The van der Waals surface area contributed by atoms with Crippen molar-refractivity contribution in [1.82, 2.24) is 15.2 Å². The summed E-state index contributed by atoms with van der Waals surface area (Å²) in [6.07, 6.45) is 1.53. The molecule has 1 amide bonds. The summed E-state index contributed by atoms with van der Waals surface area (Å²) < 4.78 is 52.7. The summed E-state index contributed by atoms with van der Waals surface area (Å²) in [7, 11) is -3.43. The molecule has 0 saturated carbocycles. The minimum absolute atomic E-state index is 0.0593. The van der Waals surface area contributed by atoms with Gasteiger partial charge in [-0.15, -0.1) is 0 Å². The van der Waals surface area contributed by atoms with Crippen LogP contribution >= 0.6 is 0 Å². The topological polar surface area (TPSA) is 226 Å². The van der Waals surface area contributed by atoms with Gasteiger partial charge in [0.2, 0.25) is 15.9 Å². The summed E-state index contributed by atoms with van der Waals surface area (Å²) >= 11 is 0. The van der Waals surface area contributed by atoms with Crippen LogP contribution in [0.5, 0.6) is 5.88 Å². The van der Waals surface area contributed by atoms with Gasteiger partial charge >= 0.3 is 5.97 Å². The average Bonchev–Trinajstić information content (AvgIpc) is 3.41. The summed E-state index contributed by atoms with van der Waals surface area (Å²) in [4.78, 5) is 26.8. The van der Waals surface area contributed by atoms with Gasteiger partial charge in [0, 0.05) is 29.2 Å². The quantitative estimate of drug-likeness (QED) is 0.0989. The first-order valence-electron chi connectivity index (χ1n) is 13.6. The lowest BCUT2D eigenvalue weighted by atomic mass is 10.1. The molecule has 0 fully saturated rings. The lowest BCUT2D eigenvalue weighted by Gasteiger charge is -2.10. The van der Waals surface area contributed by atoms with E-state index in [4.69, 9.17) is 34.5 Å². The molecule has 0 spiro atoms. The predicted molar refractivity (Wildman–Crippen MR) is 160 cm³/mol. The lowest BCUT2D eigenvalue weighted by Crippen LogP contribution is -2.15. The fourth-order valence-electron chi connectivity index (χ4n) is 3.56. The number of aromatic nitrogens is 3. The van der Waals surface area contributed by atoms with Gasteiger partial charge in [0.1, 0.15) is 30.3 Å². The average molecular weight is 637 g/mol. The first-order valence-corrected chi connectivity index (χ1v) is 15.2. The van der Waals surface area contributed by atoms with Crippen LogP contribution in [0.15, 0.2) is 42.6 Å². The van der Waals surface area contributed by atoms with Crippen molar-refractivity contribution < 1.29 is 46.8 Å². The number of ether oxygens (including phenoxy) is 5. The Balaban J connectivity index is 1.41. The van der Waals surface area contributed by atoms with Crippen LogP contribution in [0, 0.1) is 0 Å². The van der Waals surface area contributed by atoms with Gasteiger partial charge in [-0.1, -0.05) is 12.1 Å². The van der Waals surface area contributed by atoms with Crippen LogP contribution in [-0.4, -0.2) is 106 Å². The van der Waals surface area contributed by atoms with E-state index in [1.54, 1.807) is 36.4 Å². The maximum Gasteiger partial charge on any atom is 0.329 e. The van der Waals surface area contributed by atoms with Crippen LogP contribution in [-0.2, 0) is 33.8 Å². The number of nitrogens with zero attached hydrogens (tertiary/aromatic N) is 2. The smallest absolute Gasteiger partial charge is 0.329 e. The number of carbonyl (C=O) groups is 2. The Morgan fingerprint density at radius 3 is 2.11 bits per heavy atom. The Labute approximate surface area is 254 Å². The standard InChI is InChI=1S/C27H36N6O10S/c1-2-44(37,38)33-20-5-3-19(4-6-20)25-24(26(28)36)27(32-31-25)30-21-7-8-29-22(17-21)43-16-15-41-12-11-39-9-10-40-13-14-42-18-23(34)35/h3-8,17,33H,2,9-16,18H2,1H3,(H2,28,36)(H,34,35)(H2,29,30,31,32). The predicted octanol–water partition coefficient (Wildman–Crippen LogP) is 1.61. The molecule has 17 heteroatoms. The zero-order chi connectivity index (χ0) is 31.8. The SMILES string of the molecule is CCS(=O)(=O)Nc1ccc(-c2n[nH]c(Nc3ccnc(OCCOCCOCCOCCOCC(=O)O)c3)c2C(N)=O)cc1. The number of pyridine rings is 1. The van der Waals surface area contributed by atoms with E-state index in [2.05, 4.69) is 25.2 Å². The number of amides is 1. The zero-order valence-electron chi connectivity index (χ0n) is 24.1. The van der Waals surface area contributed by atoms with E-state index >= 15 is 0 Å². The van der Waals surface area contributed by atoms with E-state index in [0.717, 1.165) is 0 Å². The monoisotopic (exact) mass is 636 g/mol. The molecule has 0 unspecified atom stereocenters. The number of aliphatic carboxylic acids is 1. The van der Waals surface area contributed by atoms with Crippen molar-refractivity contribution in [2.24, 2.45) is 5.73 Å². The third kappa shape index (κ3) is 11.8. The van der Waals surface area contributed by atoms with Crippen LogP contribution < -0.4 is 20.5 Å². The Morgan fingerprint density at radius 1 is 0.909 bits per heavy atom. The van der Waals surface area contributed by atoms with Crippen molar-refractivity contribution in [3.05, 3.63) is 48.2 Å². The van der Waals surface area contributed by atoms with Gasteiger partial charge in [0.05, 0.1) is 52.0 Å². The van der Waals surface area contributed by atoms with Crippen LogP contribution in [0.1, 0.15) is 17.3 Å². The number of aromatic amines is 1. The minimum atomic E-state index is -3.43. The maximum atomic E-state index is 12.3. The summed E-state index contributed by atoms with van der Waals surface area (Å²) in [6, 6.07) is 9.71. The lowest BCUT2D eigenvalue weighted by molar-refractivity contribution is -0.142. The van der Waals surface area contributed by atoms with Crippen LogP contribution in [0.4, 0.5) is 17.2 Å². The Morgan fingerprint density at radius 2 is 1.52 bits per heavy atom. The number of nitrogens with one attached hydrogen (secondary N) is 3. The van der Waals surface area contributed by atoms with E-state index in [1.807, 2.05) is 0 Å². The van der Waals surface area contributed by atoms with Gasteiger partial charge in [0.15, 0.2) is 0 Å². The Kier molecular flexibility index (Phi) is 13.8. The maximum absolute atomic E-state index is 12.3. The molecule has 1 aromatic carbocycles. The molecule has 0 saturated heterocycles. The largest absolute Gasteiger partial charge is 0.480 e. The summed E-state index contributed by atoms with van der Waals surface area (Å²) in [5.74, 6) is -1.21. The normalized spacial score (nSPS) is 11.3. The number of primary amides is 1. The molecular formula is C27H36N6O10S. The summed E-state index contributed by atoms with van der Waals surface area (Å²) in [5.41, 5.74) is 7.58. The van der Waals surface area contributed by atoms with Gasteiger partial charge in [0.25, 0.3) is 5.91 Å². The molecule has 3 aromatic rings. The Hall–Kier alpha value is -4.29. The molecule has 240 valence electrons. The van der Waals surface area contributed by atoms with E-state index < -0.39 is 21.9 Å². The molecule has 44 heavy (non-hydrogen) atoms. The van der Waals surface area contributed by atoms with E-state index in [-0.39, 0.29) is 43.6 Å². The van der Waals surface area contributed by atoms with Crippen LogP contribution in [0.3, 0.4) is 0 Å². The molecule has 0 aliphatic heterocycles. The van der Waals surface area contributed by atoms with Crippen molar-refractivity contribution in [2.75, 3.05) is 75.3 Å². The van der Waals surface area contributed by atoms with Gasteiger partial charge < -0.3 is 39.8 Å². The highest BCUT2D eigenvalue weighted by Gasteiger charge is 2.20. The molecule has 0 bridgehead atoms. The number of hydrogen-bond acceptors (Lipinski definition) is 12. The fraction of sp³-hybridized carbons (Fsp3) is 0.407. The Bertz CT molecular complexity index is 1450. The number of hydrogen-bond donors (Lipinski definition) is 5. The number of benzene rings is 1. The van der Waals surface area contributed by atoms with Gasteiger partial charge in [-0.3, -0.25) is 14.6 Å². The number of carbonyl (C=O) groups excluding carboxylic acids is 1. The molecule has 0 aliphatic rings. The molecule has 16 nitrogen and oxygen atoms in total. The van der Waals surface area contributed by atoms with Crippen molar-refractivity contribution in [2.45, 2.75) is 6.92 Å². The first-order chi connectivity index (χ1) is 21.2. The number of nitrogens with two attached hydrogens (primary N) is 1. The zero-order valence-corrected chi connectivity index (χ0v) is 24.9. The number of sulfonamides is 1. The number of carboxylic acids is 1. The summed E-state index contributed by atoms with van der Waals surface area (Å²) in [5, 5.41) is 18.5. The molecule has 2 aromatic heterocycles. The highest BCUT2D eigenvalue weighted by atomic mass is 32.2. The molecule has 0 atom stereocenters. The van der Waals surface area contributed by atoms with Crippen molar-refractivity contribution in [3.63, 3.8) is 0 Å². The highest BCUT2D eigenvalue weighted by Crippen LogP contribution is 2.30. The second kappa shape index (κ2) is 17.7. The van der Waals surface area contributed by atoms with Crippen molar-refractivity contribution in [3.8, 4) is 17.1 Å². The fourth-order valence-corrected chi connectivity index (χ4v) is 4.20. The van der Waals surface area contributed by atoms with E-state index in [0.29, 0.717) is 61.5 Å². The number of carboxylic acid groups (broad SMARTS) is 1. The third-order valence-corrected chi connectivity index (χ3v) is 6.95. The number of H-pyrrole nitrogens is 1. The number of anilines is 3.